The summed E-state index contributed by atoms with van der Waals surface area (Å²) in [5.74, 6) is -0.123. The molecule has 1 aromatic carbocycles. The minimum absolute atomic E-state index is 0.120. The number of benzene rings is 1. The van der Waals surface area contributed by atoms with Crippen LogP contribution in [0.2, 0.25) is 5.02 Å². The van der Waals surface area contributed by atoms with E-state index in [4.69, 9.17) is 16.3 Å². The van der Waals surface area contributed by atoms with E-state index in [2.05, 4.69) is 15.0 Å². The van der Waals surface area contributed by atoms with Gasteiger partial charge in [-0.05, 0) is 24.3 Å². The number of hydrogen-bond acceptors (Lipinski definition) is 5. The van der Waals surface area contributed by atoms with Gasteiger partial charge in [-0.25, -0.2) is 18.1 Å². The molecular formula is C17H17ClF3N3O4S. The molecule has 0 fully saturated rings. The summed E-state index contributed by atoms with van der Waals surface area (Å²) in [7, 11) is -2.82. The van der Waals surface area contributed by atoms with Crippen molar-refractivity contribution in [1.29, 1.82) is 0 Å². The van der Waals surface area contributed by atoms with Crippen LogP contribution in [0, 0.1) is 0 Å². The third kappa shape index (κ3) is 6.31. The maximum absolute atomic E-state index is 12.9. The molecule has 0 atom stereocenters. The van der Waals surface area contributed by atoms with Crippen LogP contribution in [0.15, 0.2) is 41.4 Å². The van der Waals surface area contributed by atoms with Crippen LogP contribution in [0.5, 0.6) is 5.88 Å². The van der Waals surface area contributed by atoms with Crippen molar-refractivity contribution in [3.05, 3.63) is 52.7 Å². The van der Waals surface area contributed by atoms with E-state index in [0.29, 0.717) is 17.5 Å². The second-order valence-electron chi connectivity index (χ2n) is 5.74. The number of halogens is 4. The van der Waals surface area contributed by atoms with Crippen LogP contribution in [0.4, 0.5) is 13.2 Å². The van der Waals surface area contributed by atoms with Gasteiger partial charge in [-0.3, -0.25) is 4.79 Å². The number of nitrogens with zero attached hydrogens (tertiary/aromatic N) is 1. The first-order chi connectivity index (χ1) is 13.5. The minimum atomic E-state index is -4.80. The van der Waals surface area contributed by atoms with E-state index in [1.54, 1.807) is 12.1 Å². The lowest BCUT2D eigenvalue weighted by atomic mass is 10.2. The fourth-order valence-corrected chi connectivity index (χ4v) is 3.58. The third-order valence-corrected chi connectivity index (χ3v) is 5.51. The van der Waals surface area contributed by atoms with Gasteiger partial charge in [0.1, 0.15) is 0 Å². The van der Waals surface area contributed by atoms with Crippen LogP contribution in [0.3, 0.4) is 0 Å². The van der Waals surface area contributed by atoms with Gasteiger partial charge in [-0.2, -0.15) is 13.2 Å². The molecule has 2 aromatic rings. The van der Waals surface area contributed by atoms with Gasteiger partial charge in [0.05, 0.1) is 22.6 Å². The standard InChI is InChI=1S/C17H17ClF3N3O4S/c1-28-16-11(3-2-7-22-16)10-23-15(25)6-8-24-29(26,27)12-4-5-14(18)13(9-12)17(19,20)21/h2-5,7,9,24H,6,8,10H2,1H3,(H,23,25). The highest BCUT2D eigenvalue weighted by Crippen LogP contribution is 2.35. The molecule has 1 amide bonds. The number of nitrogens with one attached hydrogen (secondary N) is 2. The molecule has 0 aliphatic rings. The Bertz CT molecular complexity index is 984. The number of pyridine rings is 1. The molecule has 12 heteroatoms. The Kier molecular flexibility index (Phi) is 7.44. The normalized spacial score (nSPS) is 11.9. The fraction of sp³-hybridized carbons (Fsp3) is 0.294. The van der Waals surface area contributed by atoms with Gasteiger partial charge < -0.3 is 10.1 Å². The van der Waals surface area contributed by atoms with Crippen molar-refractivity contribution in [2.45, 2.75) is 24.0 Å². The van der Waals surface area contributed by atoms with Crippen LogP contribution in [-0.2, 0) is 27.5 Å². The molecule has 0 spiro atoms. The molecule has 29 heavy (non-hydrogen) atoms. The molecule has 2 N–H and O–H groups in total. The number of methoxy groups -OCH3 is 1. The summed E-state index contributed by atoms with van der Waals surface area (Å²) in [6.07, 6.45) is -3.49. The Morgan fingerprint density at radius 3 is 2.66 bits per heavy atom. The first kappa shape index (κ1) is 22.9. The van der Waals surface area contributed by atoms with Crippen molar-refractivity contribution in [2.75, 3.05) is 13.7 Å². The van der Waals surface area contributed by atoms with Gasteiger partial charge in [0.15, 0.2) is 0 Å². The zero-order chi connectivity index (χ0) is 21.7. The highest BCUT2D eigenvalue weighted by atomic mass is 35.5. The quantitative estimate of drug-likeness (QED) is 0.643. The lowest BCUT2D eigenvalue weighted by Crippen LogP contribution is -2.30. The SMILES string of the molecule is COc1ncccc1CNC(=O)CCNS(=O)(=O)c1ccc(Cl)c(C(F)(F)F)c1. The summed E-state index contributed by atoms with van der Waals surface area (Å²) >= 11 is 5.48. The zero-order valence-corrected chi connectivity index (χ0v) is 16.7. The average molecular weight is 452 g/mol. The molecule has 2 rings (SSSR count). The summed E-state index contributed by atoms with van der Waals surface area (Å²) < 4.78 is 70.2. The first-order valence-corrected chi connectivity index (χ1v) is 10.0. The molecular weight excluding hydrogens is 435 g/mol. The highest BCUT2D eigenvalue weighted by Gasteiger charge is 2.34. The molecule has 158 valence electrons. The Balaban J connectivity index is 1.93. The number of amides is 1. The molecule has 1 aromatic heterocycles. The van der Waals surface area contributed by atoms with E-state index in [1.165, 1.54) is 13.3 Å². The topological polar surface area (TPSA) is 97.4 Å². The molecule has 1 heterocycles. The van der Waals surface area contributed by atoms with E-state index in [9.17, 15) is 26.4 Å². The van der Waals surface area contributed by atoms with Crippen LogP contribution >= 0.6 is 11.6 Å². The predicted octanol–water partition coefficient (Wildman–Crippen LogP) is 2.75. The Labute approximate surface area is 170 Å². The van der Waals surface area contributed by atoms with Crippen LogP contribution < -0.4 is 14.8 Å². The number of sulfonamides is 1. The molecule has 0 unspecified atom stereocenters. The van der Waals surface area contributed by atoms with Gasteiger partial charge in [0.2, 0.25) is 21.8 Å². The summed E-state index contributed by atoms with van der Waals surface area (Å²) in [6.45, 7) is -0.183. The van der Waals surface area contributed by atoms with Crippen molar-refractivity contribution >= 4 is 27.5 Å². The van der Waals surface area contributed by atoms with Crippen LogP contribution in [0.1, 0.15) is 17.5 Å². The lowest BCUT2D eigenvalue weighted by molar-refractivity contribution is -0.137. The molecule has 0 bridgehead atoms. The van der Waals surface area contributed by atoms with Crippen molar-refractivity contribution < 1.29 is 31.1 Å². The maximum atomic E-state index is 12.9. The highest BCUT2D eigenvalue weighted by molar-refractivity contribution is 7.89. The Hall–Kier alpha value is -2.37. The zero-order valence-electron chi connectivity index (χ0n) is 15.1. The van der Waals surface area contributed by atoms with E-state index in [0.717, 1.165) is 12.1 Å². The second kappa shape index (κ2) is 9.42. The summed E-state index contributed by atoms with van der Waals surface area (Å²) in [5, 5.41) is 1.97. The largest absolute Gasteiger partial charge is 0.481 e. The molecule has 0 saturated heterocycles. The number of hydrogen-bond donors (Lipinski definition) is 2. The molecule has 0 radical (unpaired) electrons. The summed E-state index contributed by atoms with van der Waals surface area (Å²) in [4.78, 5) is 15.3. The minimum Gasteiger partial charge on any atom is -0.481 e. The van der Waals surface area contributed by atoms with Crippen molar-refractivity contribution in [1.82, 2.24) is 15.0 Å². The lowest BCUT2D eigenvalue weighted by Gasteiger charge is -2.12. The molecule has 0 aliphatic carbocycles. The predicted molar refractivity (Wildman–Crippen MR) is 98.9 cm³/mol. The number of rotatable bonds is 8. The number of carbonyl (C=O) groups is 1. The van der Waals surface area contributed by atoms with Crippen molar-refractivity contribution in [2.24, 2.45) is 0 Å². The fourth-order valence-electron chi connectivity index (χ4n) is 2.30. The van der Waals surface area contributed by atoms with Crippen LogP contribution in [-0.4, -0.2) is 33.0 Å². The molecule has 0 aliphatic heterocycles. The van der Waals surface area contributed by atoms with Gasteiger partial charge >= 0.3 is 6.18 Å². The molecule has 7 nitrogen and oxygen atoms in total. The number of ether oxygens (including phenoxy) is 1. The Morgan fingerprint density at radius 1 is 1.28 bits per heavy atom. The monoisotopic (exact) mass is 451 g/mol. The van der Waals surface area contributed by atoms with E-state index in [-0.39, 0.29) is 19.5 Å². The number of aromatic nitrogens is 1. The van der Waals surface area contributed by atoms with Crippen LogP contribution in [0.25, 0.3) is 0 Å². The van der Waals surface area contributed by atoms with Crippen molar-refractivity contribution in [3.8, 4) is 5.88 Å². The van der Waals surface area contributed by atoms with Gasteiger partial charge in [-0.1, -0.05) is 17.7 Å². The summed E-state index contributed by atoms with van der Waals surface area (Å²) in [5.41, 5.74) is -0.630. The average Bonchev–Trinajstić information content (AvgIpc) is 2.65. The number of alkyl halides is 3. The maximum Gasteiger partial charge on any atom is 0.417 e. The molecule has 0 saturated carbocycles. The van der Waals surface area contributed by atoms with E-state index in [1.807, 2.05) is 0 Å². The first-order valence-electron chi connectivity index (χ1n) is 8.15. The number of carbonyl (C=O) groups excluding carboxylic acids is 1. The van der Waals surface area contributed by atoms with Gasteiger partial charge in [-0.15, -0.1) is 0 Å². The van der Waals surface area contributed by atoms with Crippen molar-refractivity contribution in [3.63, 3.8) is 0 Å². The summed E-state index contributed by atoms with van der Waals surface area (Å²) in [6, 6.07) is 5.62. The second-order valence-corrected chi connectivity index (χ2v) is 7.91. The Morgan fingerprint density at radius 2 is 2.00 bits per heavy atom. The van der Waals surface area contributed by atoms with E-state index >= 15 is 0 Å². The van der Waals surface area contributed by atoms with Gasteiger partial charge in [0, 0.05) is 31.3 Å². The smallest absolute Gasteiger partial charge is 0.417 e. The van der Waals surface area contributed by atoms with E-state index < -0.39 is 37.6 Å². The van der Waals surface area contributed by atoms with Gasteiger partial charge in [0.25, 0.3) is 0 Å². The third-order valence-electron chi connectivity index (χ3n) is 3.72.